The van der Waals surface area contributed by atoms with Gasteiger partial charge in [0.05, 0.1) is 6.61 Å². The molecule has 4 atom stereocenters. The van der Waals surface area contributed by atoms with Crippen LogP contribution in [0.3, 0.4) is 0 Å². The van der Waals surface area contributed by atoms with E-state index in [1.54, 1.807) is 0 Å². The largest absolute Gasteiger partial charge is 0.388 e. The average Bonchev–Trinajstić information content (AvgIpc) is 2.09. The zero-order valence-electron chi connectivity index (χ0n) is 6.42. The summed E-state index contributed by atoms with van der Waals surface area (Å²) >= 11 is 0. The highest BCUT2D eigenvalue weighted by atomic mass is 16.6. The van der Waals surface area contributed by atoms with Crippen LogP contribution in [0.5, 0.6) is 0 Å². The van der Waals surface area contributed by atoms with Gasteiger partial charge in [0.2, 0.25) is 5.79 Å². The van der Waals surface area contributed by atoms with Crippen LogP contribution < -0.4 is 5.73 Å². The first-order valence-corrected chi connectivity index (χ1v) is 3.62. The first-order valence-electron chi connectivity index (χ1n) is 3.62. The maximum Gasteiger partial charge on any atom is 0.207 e. The van der Waals surface area contributed by atoms with Crippen molar-refractivity contribution in [3.63, 3.8) is 0 Å². The zero-order chi connectivity index (χ0) is 9.35. The van der Waals surface area contributed by atoms with Gasteiger partial charge in [-0.1, -0.05) is 0 Å². The molecule has 0 radical (unpaired) electrons. The zero-order valence-corrected chi connectivity index (χ0v) is 6.42. The summed E-state index contributed by atoms with van der Waals surface area (Å²) in [6.07, 6.45) is -4.19. The fourth-order valence-corrected chi connectivity index (χ4v) is 1.07. The van der Waals surface area contributed by atoms with Gasteiger partial charge in [-0.3, -0.25) is 0 Å². The summed E-state index contributed by atoms with van der Waals surface area (Å²) < 4.78 is 4.68. The molecule has 4 unspecified atom stereocenters. The number of rotatable bonds is 1. The third-order valence-electron chi connectivity index (χ3n) is 1.98. The minimum absolute atomic E-state index is 0.244. The molecule has 1 aliphatic rings. The van der Waals surface area contributed by atoms with Crippen LogP contribution >= 0.6 is 0 Å². The highest BCUT2D eigenvalue weighted by molar-refractivity contribution is 4.91. The number of ether oxygens (including phenoxy) is 1. The summed E-state index contributed by atoms with van der Waals surface area (Å²) in [4.78, 5) is 0. The molecule has 0 amide bonds. The molecule has 1 fully saturated rings. The van der Waals surface area contributed by atoms with E-state index in [9.17, 15) is 10.2 Å². The Balaban J connectivity index is 2.71. The van der Waals surface area contributed by atoms with E-state index in [1.807, 2.05) is 0 Å². The highest BCUT2D eigenvalue weighted by Gasteiger charge is 2.47. The van der Waals surface area contributed by atoms with Crippen LogP contribution in [0.1, 0.15) is 0 Å². The molecule has 6 N–H and O–H groups in total. The molecule has 1 saturated heterocycles. The summed E-state index contributed by atoms with van der Waals surface area (Å²) in [5.74, 6) is -1.95. The lowest BCUT2D eigenvalue weighted by Crippen LogP contribution is -2.63. The van der Waals surface area contributed by atoms with Crippen molar-refractivity contribution in [3.8, 4) is 0 Å². The summed E-state index contributed by atoms with van der Waals surface area (Å²) in [5, 5.41) is 36.7. The predicted molar refractivity (Wildman–Crippen MR) is 38.0 cm³/mol. The molecule has 0 bridgehead atoms. The second-order valence-corrected chi connectivity index (χ2v) is 2.86. The van der Waals surface area contributed by atoms with Gasteiger partial charge in [-0.2, -0.15) is 0 Å². The lowest BCUT2D eigenvalue weighted by molar-refractivity contribution is -0.315. The van der Waals surface area contributed by atoms with E-state index in [0.29, 0.717) is 0 Å². The van der Waals surface area contributed by atoms with Crippen molar-refractivity contribution >= 4 is 0 Å². The van der Waals surface area contributed by atoms with Gasteiger partial charge in [-0.25, -0.2) is 0 Å². The van der Waals surface area contributed by atoms with Crippen molar-refractivity contribution in [3.05, 3.63) is 0 Å². The lowest BCUT2D eigenvalue weighted by Gasteiger charge is -2.40. The Labute approximate surface area is 69.2 Å². The molecule has 0 saturated carbocycles. The van der Waals surface area contributed by atoms with Gasteiger partial charge >= 0.3 is 0 Å². The van der Waals surface area contributed by atoms with Gasteiger partial charge in [-0.05, 0) is 0 Å². The molecule has 0 aliphatic carbocycles. The Kier molecular flexibility index (Phi) is 2.67. The standard InChI is InChI=1S/C6H13NO5/c7-2-6(11)5(10)4(9)3(8)1-12-6/h3-5,8-11H,1-2,7H2. The highest BCUT2D eigenvalue weighted by Crippen LogP contribution is 2.22. The maximum atomic E-state index is 9.37. The summed E-state index contributed by atoms with van der Waals surface area (Å²) in [7, 11) is 0. The third-order valence-corrected chi connectivity index (χ3v) is 1.98. The van der Waals surface area contributed by atoms with Crippen LogP contribution in [0.4, 0.5) is 0 Å². The summed E-state index contributed by atoms with van der Waals surface area (Å²) in [6.45, 7) is -0.579. The third kappa shape index (κ3) is 1.45. The maximum absolute atomic E-state index is 9.37. The van der Waals surface area contributed by atoms with Crippen molar-refractivity contribution < 1.29 is 25.2 Å². The topological polar surface area (TPSA) is 116 Å². The van der Waals surface area contributed by atoms with Crippen molar-refractivity contribution in [1.82, 2.24) is 0 Å². The molecule has 6 heteroatoms. The van der Waals surface area contributed by atoms with Crippen molar-refractivity contribution in [1.29, 1.82) is 0 Å². The minimum Gasteiger partial charge on any atom is -0.388 e. The van der Waals surface area contributed by atoms with Crippen LogP contribution in [-0.4, -0.2) is 57.7 Å². The lowest BCUT2D eigenvalue weighted by atomic mass is 9.97. The van der Waals surface area contributed by atoms with Gasteiger partial charge < -0.3 is 30.9 Å². The molecule has 1 rings (SSSR count). The van der Waals surface area contributed by atoms with Gasteiger partial charge in [0.15, 0.2) is 0 Å². The van der Waals surface area contributed by atoms with Gasteiger partial charge in [0.1, 0.15) is 18.3 Å². The molecule has 0 aromatic carbocycles. The van der Waals surface area contributed by atoms with E-state index < -0.39 is 24.1 Å². The molecule has 12 heavy (non-hydrogen) atoms. The molecular formula is C6H13NO5. The Morgan fingerprint density at radius 2 is 2.00 bits per heavy atom. The minimum atomic E-state index is -1.95. The van der Waals surface area contributed by atoms with Crippen molar-refractivity contribution in [2.45, 2.75) is 24.1 Å². The monoisotopic (exact) mass is 179 g/mol. The molecule has 0 spiro atoms. The molecule has 1 heterocycles. The first kappa shape index (κ1) is 9.85. The SMILES string of the molecule is NCC1(O)OCC(O)C(O)C1O. The van der Waals surface area contributed by atoms with Crippen LogP contribution in [-0.2, 0) is 4.74 Å². The van der Waals surface area contributed by atoms with Gasteiger partial charge in [-0.15, -0.1) is 0 Å². The van der Waals surface area contributed by atoms with E-state index in [2.05, 4.69) is 4.74 Å². The number of nitrogens with two attached hydrogens (primary N) is 1. The van der Waals surface area contributed by atoms with Crippen LogP contribution in [0.25, 0.3) is 0 Å². The fourth-order valence-electron chi connectivity index (χ4n) is 1.07. The number of hydrogen-bond donors (Lipinski definition) is 5. The Morgan fingerprint density at radius 1 is 1.42 bits per heavy atom. The van der Waals surface area contributed by atoms with Crippen LogP contribution in [0.2, 0.25) is 0 Å². The molecule has 72 valence electrons. The van der Waals surface area contributed by atoms with Crippen LogP contribution in [0.15, 0.2) is 0 Å². The summed E-state index contributed by atoms with van der Waals surface area (Å²) in [5.41, 5.74) is 5.11. The molecule has 0 aromatic rings. The van der Waals surface area contributed by atoms with Gasteiger partial charge in [0.25, 0.3) is 0 Å². The Bertz CT molecular complexity index is 166. The molecule has 1 aliphatic heterocycles. The number of aliphatic hydroxyl groups is 4. The normalized spacial score (nSPS) is 49.2. The Hall–Kier alpha value is -0.240. The van der Waals surface area contributed by atoms with E-state index in [0.717, 1.165) is 0 Å². The molecule has 0 aromatic heterocycles. The predicted octanol–water partition coefficient (Wildman–Crippen LogP) is -3.25. The van der Waals surface area contributed by atoms with E-state index >= 15 is 0 Å². The average molecular weight is 179 g/mol. The van der Waals surface area contributed by atoms with Crippen molar-refractivity contribution in [2.75, 3.05) is 13.2 Å². The number of aliphatic hydroxyl groups excluding tert-OH is 3. The smallest absolute Gasteiger partial charge is 0.207 e. The van der Waals surface area contributed by atoms with E-state index in [4.69, 9.17) is 15.9 Å². The van der Waals surface area contributed by atoms with E-state index in [-0.39, 0.29) is 13.2 Å². The second kappa shape index (κ2) is 3.25. The Morgan fingerprint density at radius 3 is 2.50 bits per heavy atom. The second-order valence-electron chi connectivity index (χ2n) is 2.86. The van der Waals surface area contributed by atoms with Crippen LogP contribution in [0, 0.1) is 0 Å². The summed E-state index contributed by atoms with van der Waals surface area (Å²) in [6, 6.07) is 0. The van der Waals surface area contributed by atoms with E-state index in [1.165, 1.54) is 0 Å². The van der Waals surface area contributed by atoms with Crippen molar-refractivity contribution in [2.24, 2.45) is 5.73 Å². The number of hydrogen-bond acceptors (Lipinski definition) is 6. The fraction of sp³-hybridized carbons (Fsp3) is 1.00. The first-order chi connectivity index (χ1) is 5.51. The molecular weight excluding hydrogens is 166 g/mol. The molecule has 6 nitrogen and oxygen atoms in total. The quantitative estimate of drug-likeness (QED) is 0.288. The van der Waals surface area contributed by atoms with Gasteiger partial charge in [0, 0.05) is 6.54 Å².